The number of rotatable bonds is 12. The molecule has 0 amide bonds. The van der Waals surface area contributed by atoms with Crippen LogP contribution in [0.4, 0.5) is 0 Å². The van der Waals surface area contributed by atoms with Crippen LogP contribution in [0.15, 0.2) is 53.7 Å². The summed E-state index contributed by atoms with van der Waals surface area (Å²) >= 11 is 0. The minimum atomic E-state index is 0.506. The van der Waals surface area contributed by atoms with Crippen molar-refractivity contribution in [1.82, 2.24) is 15.6 Å². The molecule has 2 rings (SSSR count). The predicted molar refractivity (Wildman–Crippen MR) is 114 cm³/mol. The maximum Gasteiger partial charge on any atom is 0.213 e. The van der Waals surface area contributed by atoms with Gasteiger partial charge in [-0.15, -0.1) is 0 Å². The van der Waals surface area contributed by atoms with Gasteiger partial charge >= 0.3 is 0 Å². The van der Waals surface area contributed by atoms with E-state index >= 15 is 0 Å². The SMILES string of the molecule is CCNC(=NCc1ccnc(OCc2ccccc2)c1)NCCCCOCC. The third-order valence-electron chi connectivity index (χ3n) is 4.00. The van der Waals surface area contributed by atoms with Gasteiger partial charge < -0.3 is 20.1 Å². The van der Waals surface area contributed by atoms with Crippen molar-refractivity contribution in [2.24, 2.45) is 4.99 Å². The molecular formula is C22H32N4O2. The molecule has 0 aliphatic rings. The van der Waals surface area contributed by atoms with E-state index in [4.69, 9.17) is 9.47 Å². The van der Waals surface area contributed by atoms with Crippen molar-refractivity contribution in [3.63, 3.8) is 0 Å². The van der Waals surface area contributed by atoms with E-state index < -0.39 is 0 Å². The lowest BCUT2D eigenvalue weighted by Gasteiger charge is -2.11. The fraction of sp³-hybridized carbons (Fsp3) is 0.455. The Kier molecular flexibility index (Phi) is 10.5. The molecular weight excluding hydrogens is 352 g/mol. The molecule has 28 heavy (non-hydrogen) atoms. The van der Waals surface area contributed by atoms with Gasteiger partial charge in [-0.05, 0) is 43.9 Å². The number of benzene rings is 1. The maximum atomic E-state index is 5.80. The zero-order valence-corrected chi connectivity index (χ0v) is 17.0. The van der Waals surface area contributed by atoms with Crippen LogP contribution in [0.1, 0.15) is 37.8 Å². The van der Waals surface area contributed by atoms with Crippen LogP contribution in [0.25, 0.3) is 0 Å². The van der Waals surface area contributed by atoms with Gasteiger partial charge in [0.25, 0.3) is 0 Å². The van der Waals surface area contributed by atoms with Gasteiger partial charge in [0.1, 0.15) is 6.61 Å². The van der Waals surface area contributed by atoms with E-state index in [0.717, 1.165) is 56.2 Å². The highest BCUT2D eigenvalue weighted by Crippen LogP contribution is 2.12. The summed E-state index contributed by atoms with van der Waals surface area (Å²) in [6.45, 7) is 8.45. The number of hydrogen-bond acceptors (Lipinski definition) is 4. The van der Waals surface area contributed by atoms with Crippen molar-refractivity contribution in [2.75, 3.05) is 26.3 Å². The van der Waals surface area contributed by atoms with E-state index in [2.05, 4.69) is 27.5 Å². The van der Waals surface area contributed by atoms with Crippen LogP contribution >= 0.6 is 0 Å². The van der Waals surface area contributed by atoms with E-state index in [9.17, 15) is 0 Å². The fourth-order valence-corrected chi connectivity index (χ4v) is 2.55. The average molecular weight is 385 g/mol. The lowest BCUT2D eigenvalue weighted by atomic mass is 10.2. The molecule has 0 saturated heterocycles. The molecule has 1 heterocycles. The van der Waals surface area contributed by atoms with Crippen LogP contribution in [0, 0.1) is 0 Å². The van der Waals surface area contributed by atoms with E-state index in [1.54, 1.807) is 6.20 Å². The van der Waals surface area contributed by atoms with Crippen LogP contribution in [-0.2, 0) is 17.9 Å². The summed E-state index contributed by atoms with van der Waals surface area (Å²) in [7, 11) is 0. The lowest BCUT2D eigenvalue weighted by Crippen LogP contribution is -2.37. The van der Waals surface area contributed by atoms with Gasteiger partial charge in [-0.25, -0.2) is 9.98 Å². The van der Waals surface area contributed by atoms with Crippen molar-refractivity contribution < 1.29 is 9.47 Å². The molecule has 0 bridgehead atoms. The molecule has 0 radical (unpaired) electrons. The second-order valence-electron chi connectivity index (χ2n) is 6.30. The van der Waals surface area contributed by atoms with Gasteiger partial charge in [-0.1, -0.05) is 30.3 Å². The second kappa shape index (κ2) is 13.6. The summed E-state index contributed by atoms with van der Waals surface area (Å²) in [5.74, 6) is 1.44. The molecule has 0 spiro atoms. The highest BCUT2D eigenvalue weighted by atomic mass is 16.5. The molecule has 0 fully saturated rings. The predicted octanol–water partition coefficient (Wildman–Crippen LogP) is 3.53. The molecule has 152 valence electrons. The Balaban J connectivity index is 1.82. The highest BCUT2D eigenvalue weighted by molar-refractivity contribution is 5.79. The van der Waals surface area contributed by atoms with E-state index in [-0.39, 0.29) is 0 Å². The van der Waals surface area contributed by atoms with E-state index in [1.807, 2.05) is 49.4 Å². The minimum Gasteiger partial charge on any atom is -0.473 e. The van der Waals surface area contributed by atoms with Crippen LogP contribution < -0.4 is 15.4 Å². The minimum absolute atomic E-state index is 0.506. The zero-order chi connectivity index (χ0) is 19.9. The highest BCUT2D eigenvalue weighted by Gasteiger charge is 2.01. The van der Waals surface area contributed by atoms with Crippen molar-refractivity contribution in [2.45, 2.75) is 39.8 Å². The Morgan fingerprint density at radius 3 is 2.68 bits per heavy atom. The largest absolute Gasteiger partial charge is 0.473 e. The van der Waals surface area contributed by atoms with Gasteiger partial charge in [0.2, 0.25) is 5.88 Å². The molecule has 1 aromatic carbocycles. The summed E-state index contributed by atoms with van der Waals surface area (Å²) in [6, 6.07) is 14.0. The van der Waals surface area contributed by atoms with E-state index in [1.165, 1.54) is 0 Å². The third kappa shape index (κ3) is 8.86. The van der Waals surface area contributed by atoms with Gasteiger partial charge in [-0.3, -0.25) is 0 Å². The molecule has 2 aromatic rings. The first-order valence-electron chi connectivity index (χ1n) is 10.0. The summed E-state index contributed by atoms with van der Waals surface area (Å²) in [4.78, 5) is 8.95. The lowest BCUT2D eigenvalue weighted by molar-refractivity contribution is 0.143. The van der Waals surface area contributed by atoms with Crippen molar-refractivity contribution in [3.8, 4) is 5.88 Å². The normalized spacial score (nSPS) is 11.3. The summed E-state index contributed by atoms with van der Waals surface area (Å²) in [6.07, 6.45) is 3.86. The Morgan fingerprint density at radius 2 is 1.89 bits per heavy atom. The molecule has 6 heteroatoms. The summed E-state index contributed by atoms with van der Waals surface area (Å²) in [5.41, 5.74) is 2.18. The molecule has 0 aliphatic carbocycles. The van der Waals surface area contributed by atoms with Crippen LogP contribution in [0.2, 0.25) is 0 Å². The monoisotopic (exact) mass is 384 g/mol. The zero-order valence-electron chi connectivity index (χ0n) is 17.0. The van der Waals surface area contributed by atoms with Crippen LogP contribution in [0.3, 0.4) is 0 Å². The number of nitrogens with zero attached hydrogens (tertiary/aromatic N) is 2. The molecule has 6 nitrogen and oxygen atoms in total. The Hall–Kier alpha value is -2.60. The topological polar surface area (TPSA) is 67.8 Å². The van der Waals surface area contributed by atoms with Gasteiger partial charge in [-0.2, -0.15) is 0 Å². The molecule has 0 atom stereocenters. The summed E-state index contributed by atoms with van der Waals surface area (Å²) < 4.78 is 11.2. The van der Waals surface area contributed by atoms with Crippen molar-refractivity contribution >= 4 is 5.96 Å². The molecule has 1 aromatic heterocycles. The molecule has 0 saturated carbocycles. The smallest absolute Gasteiger partial charge is 0.213 e. The number of nitrogens with one attached hydrogen (secondary N) is 2. The van der Waals surface area contributed by atoms with Crippen molar-refractivity contribution in [3.05, 3.63) is 59.8 Å². The fourth-order valence-electron chi connectivity index (χ4n) is 2.55. The number of unbranched alkanes of at least 4 members (excludes halogenated alkanes) is 1. The number of ether oxygens (including phenoxy) is 2. The Bertz CT molecular complexity index is 692. The van der Waals surface area contributed by atoms with E-state index in [0.29, 0.717) is 19.0 Å². The van der Waals surface area contributed by atoms with Crippen molar-refractivity contribution in [1.29, 1.82) is 0 Å². The van der Waals surface area contributed by atoms with Crippen LogP contribution in [-0.4, -0.2) is 37.2 Å². The first kappa shape index (κ1) is 21.7. The first-order valence-corrected chi connectivity index (χ1v) is 10.0. The van der Waals surface area contributed by atoms with Crippen LogP contribution in [0.5, 0.6) is 5.88 Å². The Morgan fingerprint density at radius 1 is 1.04 bits per heavy atom. The second-order valence-corrected chi connectivity index (χ2v) is 6.30. The number of guanidine groups is 1. The Labute approximate surface area is 168 Å². The van der Waals surface area contributed by atoms with Gasteiger partial charge in [0, 0.05) is 38.6 Å². The summed E-state index contributed by atoms with van der Waals surface area (Å²) in [5, 5.41) is 6.64. The standard InChI is InChI=1S/C22H32N4O2/c1-3-23-22(25-13-8-9-15-27-4-2)26-17-20-12-14-24-21(16-20)28-18-19-10-6-5-7-11-19/h5-7,10-12,14,16H,3-4,8-9,13,15,17-18H2,1-2H3,(H2,23,25,26). The average Bonchev–Trinajstić information content (AvgIpc) is 2.74. The van der Waals surface area contributed by atoms with Gasteiger partial charge in [0.05, 0.1) is 6.54 Å². The number of hydrogen-bond donors (Lipinski definition) is 2. The number of aliphatic imine (C=N–C) groups is 1. The third-order valence-corrected chi connectivity index (χ3v) is 4.00. The molecule has 0 aliphatic heterocycles. The van der Waals surface area contributed by atoms with Gasteiger partial charge in [0.15, 0.2) is 5.96 Å². The number of pyridine rings is 1. The molecule has 2 N–H and O–H groups in total. The number of aromatic nitrogens is 1. The first-order chi connectivity index (χ1) is 13.8. The maximum absolute atomic E-state index is 5.80. The molecule has 0 unspecified atom stereocenters. The quantitative estimate of drug-likeness (QED) is 0.333.